The lowest BCUT2D eigenvalue weighted by Crippen LogP contribution is -2.44. The second-order valence-electron chi connectivity index (χ2n) is 7.05. The molecule has 5 heteroatoms. The molecule has 2 amide bonds. The second kappa shape index (κ2) is 8.29. The van der Waals surface area contributed by atoms with Gasteiger partial charge in [0.15, 0.2) is 0 Å². The van der Waals surface area contributed by atoms with Gasteiger partial charge in [0, 0.05) is 19.3 Å². The van der Waals surface area contributed by atoms with Crippen molar-refractivity contribution in [3.63, 3.8) is 0 Å². The summed E-state index contributed by atoms with van der Waals surface area (Å²) in [4.78, 5) is 28.3. The Labute approximate surface area is 145 Å². The van der Waals surface area contributed by atoms with Crippen LogP contribution in [-0.4, -0.2) is 54.8 Å². The van der Waals surface area contributed by atoms with E-state index in [0.29, 0.717) is 12.5 Å². The maximum absolute atomic E-state index is 12.3. The van der Waals surface area contributed by atoms with Crippen molar-refractivity contribution >= 4 is 17.5 Å². The lowest BCUT2D eigenvalue weighted by molar-refractivity contribution is -0.134. The Morgan fingerprint density at radius 1 is 1.29 bits per heavy atom. The first-order valence-electron chi connectivity index (χ1n) is 8.69. The van der Waals surface area contributed by atoms with Gasteiger partial charge in [-0.15, -0.1) is 0 Å². The number of likely N-dealkylation sites (tertiary alicyclic amines) is 1. The SMILES string of the molecule is Cc1cccc(C)c1NC(=O)CN(C)C(=O)CN1CCCC(C)C1. The van der Waals surface area contributed by atoms with Crippen LogP contribution in [0.3, 0.4) is 0 Å². The summed E-state index contributed by atoms with van der Waals surface area (Å²) in [5, 5.41) is 2.93. The Morgan fingerprint density at radius 2 is 1.96 bits per heavy atom. The number of aryl methyl sites for hydroxylation is 2. The number of piperidine rings is 1. The Morgan fingerprint density at radius 3 is 2.58 bits per heavy atom. The number of nitrogens with one attached hydrogen (secondary N) is 1. The van der Waals surface area contributed by atoms with E-state index in [0.717, 1.165) is 36.3 Å². The molecule has 1 heterocycles. The number of anilines is 1. The third-order valence-corrected chi connectivity index (χ3v) is 4.65. The lowest BCUT2D eigenvalue weighted by Gasteiger charge is -2.31. The van der Waals surface area contributed by atoms with Crippen LogP contribution in [0.4, 0.5) is 5.69 Å². The van der Waals surface area contributed by atoms with Gasteiger partial charge in [-0.05, 0) is 50.3 Å². The van der Waals surface area contributed by atoms with E-state index in [1.165, 1.54) is 11.3 Å². The molecule has 1 aliphatic rings. The number of para-hydroxylation sites is 1. The normalized spacial score (nSPS) is 18.2. The molecule has 1 atom stereocenters. The molecule has 5 nitrogen and oxygen atoms in total. The van der Waals surface area contributed by atoms with Crippen molar-refractivity contribution in [1.29, 1.82) is 0 Å². The molecule has 1 N–H and O–H groups in total. The van der Waals surface area contributed by atoms with Gasteiger partial charge in [-0.3, -0.25) is 14.5 Å². The third-order valence-electron chi connectivity index (χ3n) is 4.65. The minimum Gasteiger partial charge on any atom is -0.335 e. The Hall–Kier alpha value is -1.88. The summed E-state index contributed by atoms with van der Waals surface area (Å²) in [5.41, 5.74) is 2.90. The topological polar surface area (TPSA) is 52.7 Å². The molecule has 0 bridgehead atoms. The zero-order valence-electron chi connectivity index (χ0n) is 15.3. The van der Waals surface area contributed by atoms with E-state index in [9.17, 15) is 9.59 Å². The molecule has 24 heavy (non-hydrogen) atoms. The molecule has 1 saturated heterocycles. The van der Waals surface area contributed by atoms with Crippen molar-refractivity contribution in [2.75, 3.05) is 38.5 Å². The monoisotopic (exact) mass is 331 g/mol. The fourth-order valence-corrected chi connectivity index (χ4v) is 3.24. The summed E-state index contributed by atoms with van der Waals surface area (Å²) >= 11 is 0. The number of amides is 2. The number of nitrogens with zero attached hydrogens (tertiary/aromatic N) is 2. The molecule has 132 valence electrons. The number of hydrogen-bond donors (Lipinski definition) is 1. The van der Waals surface area contributed by atoms with Crippen LogP contribution in [0.5, 0.6) is 0 Å². The number of carbonyl (C=O) groups is 2. The van der Waals surface area contributed by atoms with Gasteiger partial charge < -0.3 is 10.2 Å². The van der Waals surface area contributed by atoms with E-state index < -0.39 is 0 Å². The minimum absolute atomic E-state index is 0.000700. The highest BCUT2D eigenvalue weighted by Gasteiger charge is 2.21. The highest BCUT2D eigenvalue weighted by atomic mass is 16.2. The molecular formula is C19H29N3O2. The van der Waals surface area contributed by atoms with Crippen LogP contribution in [0.15, 0.2) is 18.2 Å². The third kappa shape index (κ3) is 5.06. The van der Waals surface area contributed by atoms with Crippen LogP contribution in [0.2, 0.25) is 0 Å². The van der Waals surface area contributed by atoms with E-state index in [1.54, 1.807) is 7.05 Å². The molecule has 0 saturated carbocycles. The smallest absolute Gasteiger partial charge is 0.243 e. The van der Waals surface area contributed by atoms with Gasteiger partial charge in [-0.1, -0.05) is 25.1 Å². The summed E-state index contributed by atoms with van der Waals surface area (Å²) in [5.74, 6) is 0.486. The van der Waals surface area contributed by atoms with E-state index >= 15 is 0 Å². The van der Waals surface area contributed by atoms with E-state index in [-0.39, 0.29) is 18.4 Å². The van der Waals surface area contributed by atoms with Crippen LogP contribution in [0.25, 0.3) is 0 Å². The highest BCUT2D eigenvalue weighted by Crippen LogP contribution is 2.19. The van der Waals surface area contributed by atoms with Crippen molar-refractivity contribution in [3.05, 3.63) is 29.3 Å². The van der Waals surface area contributed by atoms with Crippen LogP contribution in [0, 0.1) is 19.8 Å². The zero-order chi connectivity index (χ0) is 17.7. The summed E-state index contributed by atoms with van der Waals surface area (Å²) in [6, 6.07) is 5.90. The van der Waals surface area contributed by atoms with Crippen molar-refractivity contribution in [2.45, 2.75) is 33.6 Å². The maximum Gasteiger partial charge on any atom is 0.243 e. The Bertz CT molecular complexity index is 580. The molecule has 1 unspecified atom stereocenters. The maximum atomic E-state index is 12.3. The molecule has 0 aromatic heterocycles. The van der Waals surface area contributed by atoms with E-state index in [1.807, 2.05) is 32.0 Å². The van der Waals surface area contributed by atoms with Crippen LogP contribution < -0.4 is 5.32 Å². The second-order valence-corrected chi connectivity index (χ2v) is 7.05. The van der Waals surface area contributed by atoms with Crippen molar-refractivity contribution < 1.29 is 9.59 Å². The molecule has 0 aliphatic carbocycles. The molecule has 1 aliphatic heterocycles. The number of rotatable bonds is 5. The summed E-state index contributed by atoms with van der Waals surface area (Å²) < 4.78 is 0. The standard InChI is InChI=1S/C19H29N3O2/c1-14-7-6-10-22(11-14)13-18(24)21(4)12-17(23)20-19-15(2)8-5-9-16(19)3/h5,8-9,14H,6-7,10-13H2,1-4H3,(H,20,23). The summed E-state index contributed by atoms with van der Waals surface area (Å²) in [6.45, 7) is 8.57. The number of hydrogen-bond acceptors (Lipinski definition) is 3. The summed E-state index contributed by atoms with van der Waals surface area (Å²) in [7, 11) is 1.69. The quantitative estimate of drug-likeness (QED) is 0.901. The average molecular weight is 331 g/mol. The van der Waals surface area contributed by atoms with E-state index in [2.05, 4.69) is 17.1 Å². The Kier molecular flexibility index (Phi) is 6.37. The fourth-order valence-electron chi connectivity index (χ4n) is 3.24. The predicted molar refractivity (Wildman–Crippen MR) is 97.0 cm³/mol. The zero-order valence-corrected chi connectivity index (χ0v) is 15.3. The van der Waals surface area contributed by atoms with Crippen LogP contribution in [0.1, 0.15) is 30.9 Å². The molecule has 0 spiro atoms. The number of carbonyl (C=O) groups excluding carboxylic acids is 2. The highest BCUT2D eigenvalue weighted by molar-refractivity contribution is 5.95. The van der Waals surface area contributed by atoms with Crippen molar-refractivity contribution in [3.8, 4) is 0 Å². The van der Waals surface area contributed by atoms with Crippen molar-refractivity contribution in [1.82, 2.24) is 9.80 Å². The van der Waals surface area contributed by atoms with Gasteiger partial charge in [0.1, 0.15) is 0 Å². The van der Waals surface area contributed by atoms with Gasteiger partial charge in [0.25, 0.3) is 0 Å². The Balaban J connectivity index is 1.85. The van der Waals surface area contributed by atoms with Gasteiger partial charge in [-0.2, -0.15) is 0 Å². The van der Waals surface area contributed by atoms with Crippen molar-refractivity contribution in [2.24, 2.45) is 5.92 Å². The van der Waals surface area contributed by atoms with Crippen LogP contribution in [-0.2, 0) is 9.59 Å². The van der Waals surface area contributed by atoms with Crippen LogP contribution >= 0.6 is 0 Å². The molecule has 2 rings (SSSR count). The first-order chi connectivity index (χ1) is 11.4. The molecular weight excluding hydrogens is 302 g/mol. The van der Waals surface area contributed by atoms with Gasteiger partial charge in [-0.25, -0.2) is 0 Å². The number of benzene rings is 1. The minimum atomic E-state index is -0.157. The summed E-state index contributed by atoms with van der Waals surface area (Å²) in [6.07, 6.45) is 2.38. The molecule has 1 aromatic carbocycles. The largest absolute Gasteiger partial charge is 0.335 e. The molecule has 1 aromatic rings. The fraction of sp³-hybridized carbons (Fsp3) is 0.579. The molecule has 0 radical (unpaired) electrons. The van der Waals surface area contributed by atoms with Gasteiger partial charge >= 0.3 is 0 Å². The first-order valence-corrected chi connectivity index (χ1v) is 8.69. The van der Waals surface area contributed by atoms with Gasteiger partial charge in [0.2, 0.25) is 11.8 Å². The molecule has 1 fully saturated rings. The number of likely N-dealkylation sites (N-methyl/N-ethyl adjacent to an activating group) is 1. The lowest BCUT2D eigenvalue weighted by atomic mass is 10.0. The predicted octanol–water partition coefficient (Wildman–Crippen LogP) is 2.43. The average Bonchev–Trinajstić information content (AvgIpc) is 2.51. The van der Waals surface area contributed by atoms with Gasteiger partial charge in [0.05, 0.1) is 13.1 Å². The van der Waals surface area contributed by atoms with E-state index in [4.69, 9.17) is 0 Å². The first kappa shape index (κ1) is 18.5.